The Hall–Kier alpha value is -2.33. The molecule has 20 heavy (non-hydrogen) atoms. The molecular formula is C15H13ClN4. The number of benzene rings is 1. The molecule has 2 aromatic heterocycles. The molecule has 3 N–H and O–H groups in total. The predicted octanol–water partition coefficient (Wildman–Crippen LogP) is 3.48. The number of nitrogens with two attached hydrogens (primary N) is 1. The fourth-order valence-corrected chi connectivity index (χ4v) is 2.25. The van der Waals surface area contributed by atoms with Crippen molar-refractivity contribution >= 4 is 33.9 Å². The van der Waals surface area contributed by atoms with Crippen LogP contribution in [-0.4, -0.2) is 9.97 Å². The molecule has 0 spiro atoms. The van der Waals surface area contributed by atoms with Gasteiger partial charge in [0.1, 0.15) is 5.82 Å². The first-order chi connectivity index (χ1) is 9.75. The molecule has 3 rings (SSSR count). The van der Waals surface area contributed by atoms with Gasteiger partial charge in [0.15, 0.2) is 0 Å². The van der Waals surface area contributed by atoms with E-state index in [-0.39, 0.29) is 0 Å². The molecule has 3 aromatic rings. The summed E-state index contributed by atoms with van der Waals surface area (Å²) in [5.74, 6) is 0.787. The number of pyridine rings is 2. The van der Waals surface area contributed by atoms with E-state index in [0.29, 0.717) is 17.3 Å². The van der Waals surface area contributed by atoms with Gasteiger partial charge in [0.05, 0.1) is 10.7 Å². The minimum atomic E-state index is 0.557. The first-order valence-electron chi connectivity index (χ1n) is 6.21. The number of fused-ring (bicyclic) bond motifs is 1. The van der Waals surface area contributed by atoms with Crippen LogP contribution in [0.25, 0.3) is 10.8 Å². The third-order valence-electron chi connectivity index (χ3n) is 3.12. The van der Waals surface area contributed by atoms with E-state index in [2.05, 4.69) is 15.3 Å². The Kier molecular flexibility index (Phi) is 3.39. The van der Waals surface area contributed by atoms with Gasteiger partial charge in [-0.2, -0.15) is 0 Å². The maximum Gasteiger partial charge on any atom is 0.134 e. The third-order valence-corrected chi connectivity index (χ3v) is 3.45. The second kappa shape index (κ2) is 5.35. The van der Waals surface area contributed by atoms with Crippen molar-refractivity contribution in [3.63, 3.8) is 0 Å². The van der Waals surface area contributed by atoms with Crippen LogP contribution in [0.4, 0.5) is 11.5 Å². The van der Waals surface area contributed by atoms with Crippen LogP contribution in [0.15, 0.2) is 48.9 Å². The predicted molar refractivity (Wildman–Crippen MR) is 82.7 cm³/mol. The van der Waals surface area contributed by atoms with Crippen LogP contribution in [0.3, 0.4) is 0 Å². The summed E-state index contributed by atoms with van der Waals surface area (Å²) in [4.78, 5) is 8.45. The van der Waals surface area contributed by atoms with Crippen LogP contribution in [0, 0.1) is 0 Å². The van der Waals surface area contributed by atoms with Crippen LogP contribution >= 0.6 is 11.6 Å². The Morgan fingerprint density at radius 1 is 1.10 bits per heavy atom. The minimum Gasteiger partial charge on any atom is -0.397 e. The van der Waals surface area contributed by atoms with E-state index >= 15 is 0 Å². The second-order valence-electron chi connectivity index (χ2n) is 4.43. The molecule has 0 atom stereocenters. The second-order valence-corrected chi connectivity index (χ2v) is 4.84. The molecule has 0 aliphatic rings. The lowest BCUT2D eigenvalue weighted by atomic mass is 10.1. The Morgan fingerprint density at radius 3 is 2.80 bits per heavy atom. The van der Waals surface area contributed by atoms with Crippen molar-refractivity contribution in [1.29, 1.82) is 0 Å². The zero-order valence-corrected chi connectivity index (χ0v) is 11.4. The molecule has 0 aliphatic heterocycles. The first kappa shape index (κ1) is 12.7. The van der Waals surface area contributed by atoms with Crippen molar-refractivity contribution < 1.29 is 0 Å². The number of aromatic nitrogens is 2. The summed E-state index contributed by atoms with van der Waals surface area (Å²) in [6.07, 6.45) is 5.30. The van der Waals surface area contributed by atoms with E-state index in [1.165, 1.54) is 0 Å². The van der Waals surface area contributed by atoms with Gasteiger partial charge >= 0.3 is 0 Å². The molecule has 0 radical (unpaired) electrons. The van der Waals surface area contributed by atoms with Gasteiger partial charge in [-0.3, -0.25) is 4.98 Å². The molecule has 0 aliphatic carbocycles. The number of rotatable bonds is 3. The van der Waals surface area contributed by atoms with Gasteiger partial charge in [-0.05, 0) is 29.8 Å². The molecule has 0 amide bonds. The zero-order chi connectivity index (χ0) is 13.9. The Labute approximate surface area is 121 Å². The summed E-state index contributed by atoms with van der Waals surface area (Å²) in [5, 5.41) is 5.72. The number of nitrogens with zero attached hydrogens (tertiary/aromatic N) is 2. The highest BCUT2D eigenvalue weighted by molar-refractivity contribution is 6.34. The van der Waals surface area contributed by atoms with Crippen LogP contribution in [0.5, 0.6) is 0 Å². The van der Waals surface area contributed by atoms with Crippen LogP contribution in [0.1, 0.15) is 5.56 Å². The molecule has 0 bridgehead atoms. The summed E-state index contributed by atoms with van der Waals surface area (Å²) in [7, 11) is 0. The lowest BCUT2D eigenvalue weighted by molar-refractivity contribution is 1.09. The van der Waals surface area contributed by atoms with Gasteiger partial charge in [0.25, 0.3) is 0 Å². The maximum atomic E-state index is 6.04. The molecule has 1 aromatic carbocycles. The molecule has 0 unspecified atom stereocenters. The number of nitrogen functional groups attached to an aromatic ring is 1. The monoisotopic (exact) mass is 284 g/mol. The normalized spacial score (nSPS) is 10.7. The highest BCUT2D eigenvalue weighted by Gasteiger charge is 2.07. The van der Waals surface area contributed by atoms with E-state index in [1.54, 1.807) is 18.5 Å². The van der Waals surface area contributed by atoms with Crippen molar-refractivity contribution in [2.24, 2.45) is 0 Å². The minimum absolute atomic E-state index is 0.557. The molecule has 0 saturated heterocycles. The molecule has 100 valence electrons. The van der Waals surface area contributed by atoms with E-state index in [1.807, 2.05) is 30.5 Å². The van der Waals surface area contributed by atoms with Gasteiger partial charge in [-0.15, -0.1) is 0 Å². The van der Waals surface area contributed by atoms with Crippen LogP contribution < -0.4 is 11.1 Å². The summed E-state index contributed by atoms with van der Waals surface area (Å²) in [6.45, 7) is 0.655. The number of hydrogen-bond acceptors (Lipinski definition) is 4. The lowest BCUT2D eigenvalue weighted by Gasteiger charge is -2.10. The Balaban J connectivity index is 1.94. The zero-order valence-electron chi connectivity index (χ0n) is 10.7. The Bertz CT molecular complexity index is 743. The average molecular weight is 285 g/mol. The highest BCUT2D eigenvalue weighted by Crippen LogP contribution is 2.31. The largest absolute Gasteiger partial charge is 0.397 e. The third kappa shape index (κ3) is 2.38. The van der Waals surface area contributed by atoms with Crippen molar-refractivity contribution in [2.75, 3.05) is 11.1 Å². The quantitative estimate of drug-likeness (QED) is 0.723. The maximum absolute atomic E-state index is 6.04. The number of nitrogens with one attached hydrogen (secondary N) is 1. The summed E-state index contributed by atoms with van der Waals surface area (Å²) < 4.78 is 0. The van der Waals surface area contributed by atoms with E-state index in [9.17, 15) is 0 Å². The van der Waals surface area contributed by atoms with Gasteiger partial charge in [0.2, 0.25) is 0 Å². The molecule has 2 heterocycles. The standard InChI is InChI=1S/C15H13ClN4/c16-13-4-3-12-11(14(13)17)5-7-19-15(12)20-9-10-2-1-6-18-8-10/h1-8H,9,17H2,(H,19,20). The van der Waals surface area contributed by atoms with Crippen LogP contribution in [0.2, 0.25) is 5.02 Å². The lowest BCUT2D eigenvalue weighted by Crippen LogP contribution is -2.02. The average Bonchev–Trinajstić information content (AvgIpc) is 2.50. The smallest absolute Gasteiger partial charge is 0.134 e. The molecule has 0 saturated carbocycles. The summed E-state index contributed by atoms with van der Waals surface area (Å²) >= 11 is 6.04. The van der Waals surface area contributed by atoms with Gasteiger partial charge in [-0.25, -0.2) is 4.98 Å². The highest BCUT2D eigenvalue weighted by atomic mass is 35.5. The number of hydrogen-bond donors (Lipinski definition) is 2. The van der Waals surface area contributed by atoms with Crippen molar-refractivity contribution in [2.45, 2.75) is 6.54 Å². The van der Waals surface area contributed by atoms with Crippen molar-refractivity contribution in [3.8, 4) is 0 Å². The molecular weight excluding hydrogens is 272 g/mol. The number of halogens is 1. The fraction of sp³-hybridized carbons (Fsp3) is 0.0667. The van der Waals surface area contributed by atoms with Gasteiger partial charge < -0.3 is 11.1 Å². The molecule has 4 nitrogen and oxygen atoms in total. The first-order valence-corrected chi connectivity index (χ1v) is 6.59. The fourth-order valence-electron chi connectivity index (χ4n) is 2.08. The van der Waals surface area contributed by atoms with E-state index in [4.69, 9.17) is 17.3 Å². The topological polar surface area (TPSA) is 63.8 Å². The number of anilines is 2. The van der Waals surface area contributed by atoms with Gasteiger partial charge in [0, 0.05) is 35.9 Å². The van der Waals surface area contributed by atoms with Crippen molar-refractivity contribution in [3.05, 3.63) is 59.5 Å². The molecule has 0 fully saturated rings. The Morgan fingerprint density at radius 2 is 2.00 bits per heavy atom. The van der Waals surface area contributed by atoms with E-state index < -0.39 is 0 Å². The summed E-state index contributed by atoms with van der Waals surface area (Å²) in [5.41, 5.74) is 7.67. The molecule has 5 heteroatoms. The van der Waals surface area contributed by atoms with E-state index in [0.717, 1.165) is 22.2 Å². The summed E-state index contributed by atoms with van der Waals surface area (Å²) in [6, 6.07) is 9.50. The van der Waals surface area contributed by atoms with Crippen LogP contribution in [-0.2, 0) is 6.54 Å². The SMILES string of the molecule is Nc1c(Cl)ccc2c(NCc3cccnc3)nccc12. The van der Waals surface area contributed by atoms with Crippen molar-refractivity contribution in [1.82, 2.24) is 9.97 Å². The van der Waals surface area contributed by atoms with Gasteiger partial charge in [-0.1, -0.05) is 17.7 Å².